The lowest BCUT2D eigenvalue weighted by atomic mass is 9.97. The Morgan fingerprint density at radius 1 is 1.24 bits per heavy atom. The van der Waals surface area contributed by atoms with E-state index in [-0.39, 0.29) is 6.10 Å². The highest BCUT2D eigenvalue weighted by Crippen LogP contribution is 2.48. The Bertz CT molecular complexity index is 435. The molecule has 0 aromatic heterocycles. The molecule has 1 aliphatic heterocycles. The lowest BCUT2D eigenvalue weighted by molar-refractivity contribution is -0.139. The van der Waals surface area contributed by atoms with Crippen molar-refractivity contribution in [1.82, 2.24) is 0 Å². The van der Waals surface area contributed by atoms with Crippen molar-refractivity contribution in [3.05, 3.63) is 35.4 Å². The fraction of sp³-hybridized carbons (Fsp3) is 0.571. The van der Waals surface area contributed by atoms with Crippen LogP contribution >= 0.6 is 0 Å². The number of aliphatic hydroxyl groups is 1. The van der Waals surface area contributed by atoms with Crippen LogP contribution in [0.4, 0.5) is 0 Å². The van der Waals surface area contributed by atoms with E-state index in [0.717, 1.165) is 24.0 Å². The first kappa shape index (κ1) is 11.2. The molecule has 2 aliphatic rings. The molecule has 1 saturated heterocycles. The zero-order valence-corrected chi connectivity index (χ0v) is 10.3. The maximum Gasteiger partial charge on any atom is 0.163 e. The molecule has 1 aromatic rings. The molecule has 1 N–H and O–H groups in total. The zero-order chi connectivity index (χ0) is 12.1. The van der Waals surface area contributed by atoms with Crippen LogP contribution in [0.5, 0.6) is 0 Å². The molecule has 1 saturated carbocycles. The summed E-state index contributed by atoms with van der Waals surface area (Å²) < 4.78 is 11.5. The van der Waals surface area contributed by atoms with Gasteiger partial charge in [0.1, 0.15) is 6.10 Å². The summed E-state index contributed by atoms with van der Waals surface area (Å²) in [6.07, 6.45) is 1.63. The lowest BCUT2D eigenvalue weighted by Gasteiger charge is -2.20. The van der Waals surface area contributed by atoms with Crippen LogP contribution in [0.15, 0.2) is 24.3 Å². The minimum absolute atomic E-state index is 0.0641. The molecular weight excluding hydrogens is 216 g/mol. The maximum absolute atomic E-state index is 10.3. The van der Waals surface area contributed by atoms with Gasteiger partial charge in [0.25, 0.3) is 0 Å². The second-order valence-corrected chi connectivity index (χ2v) is 5.44. The van der Waals surface area contributed by atoms with Crippen molar-refractivity contribution >= 4 is 0 Å². The number of benzene rings is 1. The molecule has 3 heteroatoms. The smallest absolute Gasteiger partial charge is 0.163 e. The fourth-order valence-electron chi connectivity index (χ4n) is 2.43. The quantitative estimate of drug-likeness (QED) is 0.854. The highest BCUT2D eigenvalue weighted by molar-refractivity contribution is 5.37. The number of rotatable bonds is 2. The van der Waals surface area contributed by atoms with Gasteiger partial charge >= 0.3 is 0 Å². The van der Waals surface area contributed by atoms with Gasteiger partial charge in [0, 0.05) is 0 Å². The minimum Gasteiger partial charge on any atom is -0.385 e. The van der Waals surface area contributed by atoms with Crippen LogP contribution in [0.1, 0.15) is 43.9 Å². The first-order valence-electron chi connectivity index (χ1n) is 6.14. The first-order valence-corrected chi connectivity index (χ1v) is 6.14. The Balaban J connectivity index is 1.93. The van der Waals surface area contributed by atoms with Crippen LogP contribution in [-0.4, -0.2) is 17.5 Å². The molecule has 0 spiro atoms. The van der Waals surface area contributed by atoms with E-state index >= 15 is 0 Å². The van der Waals surface area contributed by atoms with E-state index in [9.17, 15) is 5.11 Å². The van der Waals surface area contributed by atoms with E-state index in [2.05, 4.69) is 0 Å². The largest absolute Gasteiger partial charge is 0.385 e. The molecule has 17 heavy (non-hydrogen) atoms. The highest BCUT2D eigenvalue weighted by atomic mass is 16.7. The Kier molecular flexibility index (Phi) is 2.34. The molecule has 1 aromatic carbocycles. The summed E-state index contributed by atoms with van der Waals surface area (Å²) in [5.41, 5.74) is 1.46. The molecule has 0 radical (unpaired) electrons. The van der Waals surface area contributed by atoms with E-state index in [1.165, 1.54) is 0 Å². The topological polar surface area (TPSA) is 38.7 Å². The van der Waals surface area contributed by atoms with Crippen molar-refractivity contribution in [2.24, 2.45) is 0 Å². The summed E-state index contributed by atoms with van der Waals surface area (Å²) in [6, 6.07) is 7.98. The van der Waals surface area contributed by atoms with Crippen molar-refractivity contribution in [2.45, 2.75) is 44.2 Å². The summed E-state index contributed by atoms with van der Waals surface area (Å²) in [5.74, 6) is -0.524. The molecule has 3 nitrogen and oxygen atoms in total. The zero-order valence-electron chi connectivity index (χ0n) is 10.3. The second-order valence-electron chi connectivity index (χ2n) is 5.44. The predicted octanol–water partition coefficient (Wildman–Crippen LogP) is 2.49. The molecule has 0 bridgehead atoms. The average molecular weight is 234 g/mol. The van der Waals surface area contributed by atoms with Gasteiger partial charge in [0.05, 0.1) is 12.2 Å². The van der Waals surface area contributed by atoms with Crippen LogP contribution in [-0.2, 0) is 15.1 Å². The SMILES string of the molecule is CC1(C)OCC(c2ccccc2C2(O)CC2)O1. The number of hydrogen-bond acceptors (Lipinski definition) is 3. The van der Waals surface area contributed by atoms with Gasteiger partial charge in [-0.05, 0) is 37.8 Å². The average Bonchev–Trinajstić information content (AvgIpc) is 2.94. The molecule has 0 amide bonds. The van der Waals surface area contributed by atoms with Gasteiger partial charge < -0.3 is 14.6 Å². The summed E-state index contributed by atoms with van der Waals surface area (Å²) in [4.78, 5) is 0. The van der Waals surface area contributed by atoms with Crippen LogP contribution in [0.25, 0.3) is 0 Å². The van der Waals surface area contributed by atoms with Gasteiger partial charge in [0.2, 0.25) is 0 Å². The van der Waals surface area contributed by atoms with Crippen molar-refractivity contribution in [2.75, 3.05) is 6.61 Å². The van der Waals surface area contributed by atoms with E-state index in [1.54, 1.807) is 0 Å². The number of hydrogen-bond donors (Lipinski definition) is 1. The van der Waals surface area contributed by atoms with E-state index in [4.69, 9.17) is 9.47 Å². The summed E-state index contributed by atoms with van der Waals surface area (Å²) in [5, 5.41) is 10.3. The van der Waals surface area contributed by atoms with Crippen LogP contribution in [0.2, 0.25) is 0 Å². The predicted molar refractivity (Wildman–Crippen MR) is 63.4 cm³/mol. The summed E-state index contributed by atoms with van der Waals surface area (Å²) in [7, 11) is 0. The Morgan fingerprint density at radius 3 is 2.53 bits per heavy atom. The van der Waals surface area contributed by atoms with Crippen molar-refractivity contribution in [3.63, 3.8) is 0 Å². The normalized spacial score (nSPS) is 29.2. The Hall–Kier alpha value is -0.900. The van der Waals surface area contributed by atoms with Gasteiger partial charge in [-0.2, -0.15) is 0 Å². The molecule has 1 heterocycles. The Morgan fingerprint density at radius 2 is 1.94 bits per heavy atom. The van der Waals surface area contributed by atoms with Crippen molar-refractivity contribution in [3.8, 4) is 0 Å². The molecule has 2 fully saturated rings. The third-order valence-corrected chi connectivity index (χ3v) is 3.54. The van der Waals surface area contributed by atoms with Crippen molar-refractivity contribution in [1.29, 1.82) is 0 Å². The lowest BCUT2D eigenvalue weighted by Crippen LogP contribution is -2.20. The first-order chi connectivity index (χ1) is 8.00. The third kappa shape index (κ3) is 1.99. The highest BCUT2D eigenvalue weighted by Gasteiger charge is 2.45. The minimum atomic E-state index is -0.618. The molecule has 92 valence electrons. The Labute approximate surface area is 101 Å². The molecular formula is C14H18O3. The van der Waals surface area contributed by atoms with Crippen LogP contribution in [0.3, 0.4) is 0 Å². The molecule has 1 unspecified atom stereocenters. The fourth-order valence-corrected chi connectivity index (χ4v) is 2.43. The second kappa shape index (κ2) is 3.55. The monoisotopic (exact) mass is 234 g/mol. The maximum atomic E-state index is 10.3. The van der Waals surface area contributed by atoms with Crippen LogP contribution < -0.4 is 0 Å². The van der Waals surface area contributed by atoms with E-state index < -0.39 is 11.4 Å². The van der Waals surface area contributed by atoms with Gasteiger partial charge in [-0.15, -0.1) is 0 Å². The summed E-state index contributed by atoms with van der Waals surface area (Å²) >= 11 is 0. The summed E-state index contributed by atoms with van der Waals surface area (Å²) in [6.45, 7) is 4.39. The standard InChI is InChI=1S/C14H18O3/c1-13(2)16-9-12(17-13)10-5-3-4-6-11(10)14(15)7-8-14/h3-6,12,15H,7-9H2,1-2H3. The molecule has 3 rings (SSSR count). The number of ether oxygens (including phenoxy) is 2. The van der Waals surface area contributed by atoms with Crippen LogP contribution in [0, 0.1) is 0 Å². The van der Waals surface area contributed by atoms with E-state index in [0.29, 0.717) is 6.61 Å². The van der Waals surface area contributed by atoms with Gasteiger partial charge in [0.15, 0.2) is 5.79 Å². The molecule has 1 aliphatic carbocycles. The third-order valence-electron chi connectivity index (χ3n) is 3.54. The van der Waals surface area contributed by atoms with Gasteiger partial charge in [-0.3, -0.25) is 0 Å². The van der Waals surface area contributed by atoms with Gasteiger partial charge in [-0.25, -0.2) is 0 Å². The van der Waals surface area contributed by atoms with Crippen molar-refractivity contribution < 1.29 is 14.6 Å². The van der Waals surface area contributed by atoms with E-state index in [1.807, 2.05) is 38.1 Å². The van der Waals surface area contributed by atoms with Gasteiger partial charge in [-0.1, -0.05) is 24.3 Å². The molecule has 1 atom stereocenters.